The van der Waals surface area contributed by atoms with Crippen LogP contribution in [0, 0.1) is 0 Å². The summed E-state index contributed by atoms with van der Waals surface area (Å²) in [5, 5.41) is 13.1. The van der Waals surface area contributed by atoms with Gasteiger partial charge >= 0.3 is 0 Å². The molecule has 0 bridgehead atoms. The SMILES string of the molecule is CS(=O)(=O)NCCn1cc2c(n1)c(N)nc1cc(-c3ccn[nH]3)ccc12. The number of fused-ring (bicyclic) bond motifs is 3. The molecule has 134 valence electrons. The van der Waals surface area contributed by atoms with E-state index in [2.05, 4.69) is 25.0 Å². The van der Waals surface area contributed by atoms with E-state index < -0.39 is 10.0 Å². The van der Waals surface area contributed by atoms with Gasteiger partial charge in [0, 0.05) is 35.3 Å². The van der Waals surface area contributed by atoms with E-state index in [0.29, 0.717) is 17.9 Å². The zero-order valence-electron chi connectivity index (χ0n) is 14.0. The van der Waals surface area contributed by atoms with Crippen molar-refractivity contribution in [3.8, 4) is 11.3 Å². The van der Waals surface area contributed by atoms with Crippen molar-refractivity contribution in [3.05, 3.63) is 36.7 Å². The van der Waals surface area contributed by atoms with E-state index in [1.807, 2.05) is 30.5 Å². The van der Waals surface area contributed by atoms with Gasteiger partial charge in [0.05, 0.1) is 24.0 Å². The number of nitrogen functional groups attached to an aromatic ring is 1. The number of aromatic nitrogens is 5. The second kappa shape index (κ2) is 6.07. The fourth-order valence-corrected chi connectivity index (χ4v) is 3.35. The van der Waals surface area contributed by atoms with E-state index >= 15 is 0 Å². The third-order valence-electron chi connectivity index (χ3n) is 4.05. The Kier molecular flexibility index (Phi) is 3.85. The number of nitrogens with one attached hydrogen (secondary N) is 2. The van der Waals surface area contributed by atoms with Crippen molar-refractivity contribution in [2.45, 2.75) is 6.54 Å². The van der Waals surface area contributed by atoms with E-state index in [1.54, 1.807) is 10.9 Å². The molecule has 0 aliphatic rings. The predicted molar refractivity (Wildman–Crippen MR) is 99.9 cm³/mol. The Morgan fingerprint density at radius 2 is 2.12 bits per heavy atom. The largest absolute Gasteiger partial charge is 0.382 e. The molecule has 0 fully saturated rings. The fraction of sp³-hybridized carbons (Fsp3) is 0.188. The number of H-pyrrole nitrogens is 1. The second-order valence-corrected chi connectivity index (χ2v) is 7.85. The van der Waals surface area contributed by atoms with Crippen LogP contribution in [0.5, 0.6) is 0 Å². The minimum Gasteiger partial charge on any atom is -0.382 e. The van der Waals surface area contributed by atoms with E-state index in [0.717, 1.165) is 33.8 Å². The Morgan fingerprint density at radius 1 is 1.27 bits per heavy atom. The summed E-state index contributed by atoms with van der Waals surface area (Å²) < 4.78 is 26.5. The van der Waals surface area contributed by atoms with E-state index in [1.165, 1.54) is 0 Å². The molecule has 1 aromatic carbocycles. The van der Waals surface area contributed by atoms with E-state index in [4.69, 9.17) is 5.73 Å². The van der Waals surface area contributed by atoms with Crippen molar-refractivity contribution in [3.63, 3.8) is 0 Å². The van der Waals surface area contributed by atoms with Crippen LogP contribution in [-0.4, -0.2) is 46.2 Å². The number of pyridine rings is 1. The van der Waals surface area contributed by atoms with Gasteiger partial charge in [0.1, 0.15) is 5.52 Å². The molecule has 0 unspecified atom stereocenters. The standard InChI is InChI=1S/C16H17N7O2S/c1-26(24,25)19-6-7-23-9-12-11-3-2-10(13-4-5-18-21-13)8-14(11)20-16(17)15(12)22-23/h2-5,8-9,19H,6-7H2,1H3,(H2,17,20)(H,18,21). The molecule has 0 amide bonds. The molecule has 4 N–H and O–H groups in total. The minimum atomic E-state index is -3.23. The van der Waals surface area contributed by atoms with Gasteiger partial charge in [0.2, 0.25) is 10.0 Å². The predicted octanol–water partition coefficient (Wildman–Crippen LogP) is 1.11. The molecule has 4 rings (SSSR count). The van der Waals surface area contributed by atoms with Crippen molar-refractivity contribution in [2.75, 3.05) is 18.5 Å². The van der Waals surface area contributed by atoms with Crippen LogP contribution < -0.4 is 10.5 Å². The first-order valence-corrected chi connectivity index (χ1v) is 9.81. The average molecular weight is 371 g/mol. The number of benzene rings is 1. The minimum absolute atomic E-state index is 0.252. The Morgan fingerprint density at radius 3 is 2.85 bits per heavy atom. The van der Waals surface area contributed by atoms with Gasteiger partial charge in [-0.05, 0) is 12.1 Å². The van der Waals surface area contributed by atoms with E-state index in [9.17, 15) is 8.42 Å². The van der Waals surface area contributed by atoms with Crippen LogP contribution in [0.15, 0.2) is 36.7 Å². The first kappa shape index (κ1) is 16.5. The van der Waals surface area contributed by atoms with Crippen LogP contribution in [0.1, 0.15) is 0 Å². The molecule has 0 aliphatic heterocycles. The highest BCUT2D eigenvalue weighted by molar-refractivity contribution is 7.88. The van der Waals surface area contributed by atoms with Gasteiger partial charge in [-0.3, -0.25) is 9.78 Å². The summed E-state index contributed by atoms with van der Waals surface area (Å²) in [6.45, 7) is 0.650. The smallest absolute Gasteiger partial charge is 0.208 e. The van der Waals surface area contributed by atoms with Crippen LogP contribution >= 0.6 is 0 Å². The van der Waals surface area contributed by atoms with Crippen LogP contribution in [0.25, 0.3) is 33.1 Å². The lowest BCUT2D eigenvalue weighted by Gasteiger charge is -2.03. The number of anilines is 1. The maximum absolute atomic E-state index is 11.2. The average Bonchev–Trinajstić information content (AvgIpc) is 3.23. The monoisotopic (exact) mass is 371 g/mol. The maximum Gasteiger partial charge on any atom is 0.208 e. The van der Waals surface area contributed by atoms with Crippen LogP contribution in [0.3, 0.4) is 0 Å². The molecule has 26 heavy (non-hydrogen) atoms. The number of rotatable bonds is 5. The quantitative estimate of drug-likeness (QED) is 0.481. The number of nitrogens with zero attached hydrogens (tertiary/aromatic N) is 4. The Hall–Kier alpha value is -2.98. The third-order valence-corrected chi connectivity index (χ3v) is 4.78. The van der Waals surface area contributed by atoms with Crippen molar-refractivity contribution in [2.24, 2.45) is 0 Å². The van der Waals surface area contributed by atoms with Crippen LogP contribution in [-0.2, 0) is 16.6 Å². The van der Waals surface area contributed by atoms with Gasteiger partial charge < -0.3 is 5.73 Å². The molecule has 0 spiro atoms. The summed E-state index contributed by atoms with van der Waals surface area (Å²) in [5.74, 6) is 0.337. The number of hydrogen-bond acceptors (Lipinski definition) is 6. The number of aromatic amines is 1. The molecule has 3 heterocycles. The van der Waals surface area contributed by atoms with Gasteiger partial charge in [0.15, 0.2) is 5.82 Å². The maximum atomic E-state index is 11.2. The first-order valence-electron chi connectivity index (χ1n) is 7.91. The van der Waals surface area contributed by atoms with Crippen LogP contribution in [0.4, 0.5) is 5.82 Å². The van der Waals surface area contributed by atoms with Crippen molar-refractivity contribution < 1.29 is 8.42 Å². The Bertz CT molecular complexity index is 1200. The lowest BCUT2D eigenvalue weighted by atomic mass is 10.1. The third kappa shape index (κ3) is 3.11. The topological polar surface area (TPSA) is 132 Å². The molecule has 4 aromatic rings. The molecular formula is C16H17N7O2S. The van der Waals surface area contributed by atoms with Crippen molar-refractivity contribution in [1.82, 2.24) is 29.7 Å². The molecule has 0 saturated heterocycles. The highest BCUT2D eigenvalue weighted by atomic mass is 32.2. The molecule has 0 radical (unpaired) electrons. The molecule has 0 aliphatic carbocycles. The number of hydrogen-bond donors (Lipinski definition) is 3. The second-order valence-electron chi connectivity index (χ2n) is 6.02. The summed E-state index contributed by atoms with van der Waals surface area (Å²) in [6, 6.07) is 7.79. The molecule has 0 saturated carbocycles. The summed E-state index contributed by atoms with van der Waals surface area (Å²) in [7, 11) is -3.23. The lowest BCUT2D eigenvalue weighted by Crippen LogP contribution is -2.26. The van der Waals surface area contributed by atoms with Gasteiger partial charge in [-0.2, -0.15) is 10.2 Å². The summed E-state index contributed by atoms with van der Waals surface area (Å²) in [5.41, 5.74) is 9.31. The van der Waals surface area contributed by atoms with Crippen LogP contribution in [0.2, 0.25) is 0 Å². The van der Waals surface area contributed by atoms with Gasteiger partial charge in [-0.25, -0.2) is 18.1 Å². The molecule has 0 atom stereocenters. The zero-order valence-corrected chi connectivity index (χ0v) is 14.8. The molecule has 9 nitrogen and oxygen atoms in total. The zero-order chi connectivity index (χ0) is 18.3. The first-order chi connectivity index (χ1) is 12.4. The van der Waals surface area contributed by atoms with Crippen molar-refractivity contribution in [1.29, 1.82) is 0 Å². The highest BCUT2D eigenvalue weighted by Gasteiger charge is 2.12. The van der Waals surface area contributed by atoms with E-state index in [-0.39, 0.29) is 6.54 Å². The summed E-state index contributed by atoms with van der Waals surface area (Å²) >= 11 is 0. The van der Waals surface area contributed by atoms with Gasteiger partial charge in [-0.1, -0.05) is 12.1 Å². The molecular weight excluding hydrogens is 354 g/mol. The van der Waals surface area contributed by atoms with Gasteiger partial charge in [0.25, 0.3) is 0 Å². The number of sulfonamides is 1. The Labute approximate surface area is 149 Å². The summed E-state index contributed by atoms with van der Waals surface area (Å²) in [4.78, 5) is 4.46. The number of nitrogens with two attached hydrogens (primary N) is 1. The Balaban J connectivity index is 1.74. The van der Waals surface area contributed by atoms with Crippen molar-refractivity contribution >= 4 is 37.6 Å². The highest BCUT2D eigenvalue weighted by Crippen LogP contribution is 2.29. The van der Waals surface area contributed by atoms with Gasteiger partial charge in [-0.15, -0.1) is 0 Å². The normalized spacial score (nSPS) is 12.2. The molecule has 10 heteroatoms. The summed E-state index contributed by atoms with van der Waals surface area (Å²) in [6.07, 6.45) is 4.67. The lowest BCUT2D eigenvalue weighted by molar-refractivity contribution is 0.567. The molecule has 3 aromatic heterocycles. The fourth-order valence-electron chi connectivity index (χ4n) is 2.89.